The average Bonchev–Trinajstić information content (AvgIpc) is 3.11. The van der Waals surface area contributed by atoms with E-state index in [9.17, 15) is 4.79 Å². The lowest BCUT2D eigenvalue weighted by Crippen LogP contribution is -2.26. The van der Waals surface area contributed by atoms with Crippen molar-refractivity contribution in [3.05, 3.63) is 57.7 Å². The minimum absolute atomic E-state index is 0.0640. The van der Waals surface area contributed by atoms with E-state index in [1.165, 1.54) is 28.6 Å². The molecule has 1 amide bonds. The minimum Gasteiger partial charge on any atom is -0.356 e. The van der Waals surface area contributed by atoms with E-state index in [0.29, 0.717) is 25.2 Å². The van der Waals surface area contributed by atoms with Gasteiger partial charge >= 0.3 is 0 Å². The first-order valence-corrected chi connectivity index (χ1v) is 10.6. The van der Waals surface area contributed by atoms with Gasteiger partial charge in [0, 0.05) is 24.4 Å². The maximum Gasteiger partial charge on any atom is 0.252 e. The molecule has 0 spiro atoms. The van der Waals surface area contributed by atoms with Crippen LogP contribution in [0.4, 0.5) is 0 Å². The summed E-state index contributed by atoms with van der Waals surface area (Å²) in [4.78, 5) is 21.0. The molecule has 0 aliphatic heterocycles. The Morgan fingerprint density at radius 1 is 1.03 bits per heavy atom. The zero-order valence-corrected chi connectivity index (χ0v) is 19.3. The van der Waals surface area contributed by atoms with Crippen LogP contribution in [-0.2, 0) is 23.1 Å². The molecule has 2 aromatic heterocycles. The van der Waals surface area contributed by atoms with Gasteiger partial charge < -0.3 is 5.32 Å². The highest BCUT2D eigenvalue weighted by Gasteiger charge is 2.16. The molecule has 0 radical (unpaired) electrons. The van der Waals surface area contributed by atoms with Crippen LogP contribution in [0, 0.1) is 27.7 Å². The zero-order valence-electron chi connectivity index (χ0n) is 19.3. The Balaban J connectivity index is 1.57. The summed E-state index contributed by atoms with van der Waals surface area (Å²) >= 11 is 0. The number of aryl methyl sites for hydroxylation is 4. The summed E-state index contributed by atoms with van der Waals surface area (Å²) in [5.41, 5.74) is 8.39. The maximum absolute atomic E-state index is 12.4. The number of amides is 1. The maximum atomic E-state index is 12.4. The van der Waals surface area contributed by atoms with Gasteiger partial charge in [-0.2, -0.15) is 10.1 Å². The molecule has 1 N–H and O–H groups in total. The number of aromatic nitrogens is 4. The van der Waals surface area contributed by atoms with Crippen molar-refractivity contribution in [2.45, 2.75) is 73.1 Å². The Morgan fingerprint density at radius 3 is 2.33 bits per heavy atom. The molecule has 3 rings (SSSR count). The fourth-order valence-corrected chi connectivity index (χ4v) is 3.99. The molecule has 0 saturated carbocycles. The smallest absolute Gasteiger partial charge is 0.252 e. The van der Waals surface area contributed by atoms with Gasteiger partial charge in [0.25, 0.3) is 5.78 Å². The number of carbonyl (C=O) groups is 1. The molecule has 160 valence electrons. The van der Waals surface area contributed by atoms with Crippen LogP contribution in [0.1, 0.15) is 66.4 Å². The number of fused-ring (bicyclic) bond motifs is 1. The van der Waals surface area contributed by atoms with Gasteiger partial charge in [-0.1, -0.05) is 32.9 Å². The largest absolute Gasteiger partial charge is 0.356 e. The fourth-order valence-electron chi connectivity index (χ4n) is 3.99. The summed E-state index contributed by atoms with van der Waals surface area (Å²) in [6.07, 6.45) is 3.43. The minimum atomic E-state index is 0.0640. The summed E-state index contributed by atoms with van der Waals surface area (Å²) in [5.74, 6) is 0.663. The average molecular weight is 408 g/mol. The molecule has 0 aliphatic rings. The number of nitrogens with one attached hydrogen (secondary N) is 1. The van der Waals surface area contributed by atoms with Crippen molar-refractivity contribution >= 4 is 11.7 Å². The number of nitrogens with zero attached hydrogens (tertiary/aromatic N) is 4. The normalized spacial score (nSPS) is 11.8. The third kappa shape index (κ3) is 4.69. The topological polar surface area (TPSA) is 72.2 Å². The molecule has 0 unspecified atom stereocenters. The quantitative estimate of drug-likeness (QED) is 0.672. The van der Waals surface area contributed by atoms with Crippen molar-refractivity contribution in [2.75, 3.05) is 6.54 Å². The molecular weight excluding hydrogens is 374 g/mol. The highest BCUT2D eigenvalue weighted by Crippen LogP contribution is 2.27. The molecule has 1 aromatic carbocycles. The number of hydrogen-bond acceptors (Lipinski definition) is 4. The van der Waals surface area contributed by atoms with Crippen molar-refractivity contribution in [3.8, 4) is 0 Å². The molecular formula is C24H33N5O. The molecule has 6 heteroatoms. The lowest BCUT2D eigenvalue weighted by molar-refractivity contribution is -0.121. The summed E-state index contributed by atoms with van der Waals surface area (Å²) < 4.78 is 1.73. The van der Waals surface area contributed by atoms with Crippen molar-refractivity contribution in [2.24, 2.45) is 0 Å². The first-order valence-electron chi connectivity index (χ1n) is 10.6. The predicted molar refractivity (Wildman–Crippen MR) is 120 cm³/mol. The third-order valence-electron chi connectivity index (χ3n) is 5.85. The van der Waals surface area contributed by atoms with Gasteiger partial charge in [-0.05, 0) is 73.8 Å². The zero-order chi connectivity index (χ0) is 22.1. The van der Waals surface area contributed by atoms with E-state index < -0.39 is 0 Å². The number of hydrogen-bond donors (Lipinski definition) is 1. The van der Waals surface area contributed by atoms with Crippen LogP contribution in [0.3, 0.4) is 0 Å². The van der Waals surface area contributed by atoms with Crippen molar-refractivity contribution in [3.63, 3.8) is 0 Å². The van der Waals surface area contributed by atoms with Gasteiger partial charge in [-0.3, -0.25) is 4.79 Å². The summed E-state index contributed by atoms with van der Waals surface area (Å²) in [7, 11) is 0. The van der Waals surface area contributed by atoms with Crippen molar-refractivity contribution in [1.82, 2.24) is 24.9 Å². The van der Waals surface area contributed by atoms with E-state index in [-0.39, 0.29) is 11.3 Å². The highest BCUT2D eigenvalue weighted by molar-refractivity contribution is 5.76. The SMILES string of the molecule is Cc1cc(C(C)(C)C)cc(C)c1CCNC(=O)CCc1c(C)nc2ncnn2c1C. The standard InChI is InChI=1S/C24H33N5O/c1-15-12-19(24(5,6)7)13-16(2)20(15)10-11-25-22(30)9-8-21-17(3)28-23-26-14-27-29(23)18(21)4/h12-14H,8-11H2,1-7H3,(H,25,30). The van der Waals surface area contributed by atoms with Crippen LogP contribution in [0.5, 0.6) is 0 Å². The van der Waals surface area contributed by atoms with Crippen LogP contribution >= 0.6 is 0 Å². The lowest BCUT2D eigenvalue weighted by Gasteiger charge is -2.22. The number of carbonyl (C=O) groups excluding carboxylic acids is 1. The second kappa shape index (κ2) is 8.54. The molecule has 0 atom stereocenters. The number of benzene rings is 1. The summed E-state index contributed by atoms with van der Waals surface area (Å²) in [6, 6.07) is 4.56. The van der Waals surface area contributed by atoms with Crippen LogP contribution in [0.15, 0.2) is 18.5 Å². The van der Waals surface area contributed by atoms with Gasteiger partial charge in [-0.25, -0.2) is 9.50 Å². The first-order chi connectivity index (χ1) is 14.1. The second-order valence-electron chi connectivity index (χ2n) is 9.17. The molecule has 0 saturated heterocycles. The molecule has 2 heterocycles. The van der Waals surface area contributed by atoms with E-state index >= 15 is 0 Å². The summed E-state index contributed by atoms with van der Waals surface area (Å²) in [5, 5.41) is 7.29. The van der Waals surface area contributed by atoms with Crippen LogP contribution < -0.4 is 5.32 Å². The molecule has 0 aliphatic carbocycles. The molecule has 0 fully saturated rings. The summed E-state index contributed by atoms with van der Waals surface area (Å²) in [6.45, 7) is 15.6. The molecule has 3 aromatic rings. The Hall–Kier alpha value is -2.76. The van der Waals surface area contributed by atoms with Crippen molar-refractivity contribution in [1.29, 1.82) is 0 Å². The predicted octanol–water partition coefficient (Wildman–Crippen LogP) is 3.95. The highest BCUT2D eigenvalue weighted by atomic mass is 16.1. The fraction of sp³-hybridized carbons (Fsp3) is 0.500. The van der Waals surface area contributed by atoms with Gasteiger partial charge in [0.15, 0.2) is 0 Å². The molecule has 0 bridgehead atoms. The van der Waals surface area contributed by atoms with E-state index in [1.807, 2.05) is 13.8 Å². The Labute approximate surface area is 179 Å². The monoisotopic (exact) mass is 407 g/mol. The van der Waals surface area contributed by atoms with Crippen LogP contribution in [0.2, 0.25) is 0 Å². The van der Waals surface area contributed by atoms with Crippen LogP contribution in [0.25, 0.3) is 5.78 Å². The Bertz CT molecular complexity index is 1050. The van der Waals surface area contributed by atoms with Gasteiger partial charge in [0.1, 0.15) is 6.33 Å². The second-order valence-corrected chi connectivity index (χ2v) is 9.17. The third-order valence-corrected chi connectivity index (χ3v) is 5.85. The van der Waals surface area contributed by atoms with E-state index in [4.69, 9.17) is 0 Å². The van der Waals surface area contributed by atoms with E-state index in [0.717, 1.165) is 23.4 Å². The Morgan fingerprint density at radius 2 is 1.70 bits per heavy atom. The van der Waals surface area contributed by atoms with Gasteiger partial charge in [-0.15, -0.1) is 0 Å². The molecule has 30 heavy (non-hydrogen) atoms. The lowest BCUT2D eigenvalue weighted by atomic mass is 9.83. The van der Waals surface area contributed by atoms with Crippen LogP contribution in [-0.4, -0.2) is 32.0 Å². The molecule has 6 nitrogen and oxygen atoms in total. The Kier molecular flexibility index (Phi) is 6.25. The first kappa shape index (κ1) is 21.9. The number of rotatable bonds is 6. The van der Waals surface area contributed by atoms with Crippen molar-refractivity contribution < 1.29 is 4.79 Å². The van der Waals surface area contributed by atoms with E-state index in [1.54, 1.807) is 4.52 Å². The van der Waals surface area contributed by atoms with E-state index in [2.05, 4.69) is 67.1 Å². The van der Waals surface area contributed by atoms with Gasteiger partial charge in [0.2, 0.25) is 5.91 Å². The van der Waals surface area contributed by atoms with Gasteiger partial charge in [0.05, 0.1) is 0 Å².